The van der Waals surface area contributed by atoms with Gasteiger partial charge in [0.1, 0.15) is 6.34 Å². The number of rotatable bonds is 5. The maximum absolute atomic E-state index is 10.8. The molecule has 1 aliphatic rings. The van der Waals surface area contributed by atoms with Gasteiger partial charge in [0, 0.05) is 19.5 Å². The molecule has 0 aromatic carbocycles. The lowest BCUT2D eigenvalue weighted by Crippen LogP contribution is -2.35. The first-order valence-corrected chi connectivity index (χ1v) is 5.62. The molecule has 6 nitrogen and oxygen atoms in total. The minimum atomic E-state index is -0.189. The summed E-state index contributed by atoms with van der Waals surface area (Å²) in [4.78, 5) is 12.8. The fourth-order valence-electron chi connectivity index (χ4n) is 2.26. The quantitative estimate of drug-likeness (QED) is 0.261. The first kappa shape index (κ1) is 12.8. The summed E-state index contributed by atoms with van der Waals surface area (Å²) in [5.41, 5.74) is 7.43. The average molecular weight is 227 g/mol. The molecule has 0 spiro atoms. The van der Waals surface area contributed by atoms with Crippen LogP contribution >= 0.6 is 0 Å². The number of hydrogen-bond acceptors (Lipinski definition) is 4. The summed E-state index contributed by atoms with van der Waals surface area (Å²) < 4.78 is 0. The van der Waals surface area contributed by atoms with Crippen molar-refractivity contribution in [1.82, 2.24) is 10.4 Å². The van der Waals surface area contributed by atoms with E-state index in [1.807, 2.05) is 7.05 Å². The summed E-state index contributed by atoms with van der Waals surface area (Å²) in [6, 6.07) is 0.487. The van der Waals surface area contributed by atoms with Crippen LogP contribution in [0.25, 0.3) is 0 Å². The molecule has 0 aliphatic heterocycles. The van der Waals surface area contributed by atoms with Gasteiger partial charge in [-0.3, -0.25) is 4.79 Å². The fourth-order valence-corrected chi connectivity index (χ4v) is 2.26. The molecule has 0 heterocycles. The zero-order valence-electron chi connectivity index (χ0n) is 9.72. The second kappa shape index (κ2) is 6.32. The van der Waals surface area contributed by atoms with Crippen molar-refractivity contribution in [3.63, 3.8) is 0 Å². The Morgan fingerprint density at radius 1 is 1.50 bits per heavy atom. The molecule has 0 radical (unpaired) electrons. The van der Waals surface area contributed by atoms with Gasteiger partial charge in [0.05, 0.1) is 0 Å². The Kier molecular flexibility index (Phi) is 5.04. The molecule has 16 heavy (non-hydrogen) atoms. The molecular weight excluding hydrogens is 206 g/mol. The van der Waals surface area contributed by atoms with Gasteiger partial charge in [-0.25, -0.2) is 11.4 Å². The fraction of sp³-hybridized carbons (Fsp3) is 0.800. The Morgan fingerprint density at radius 3 is 2.62 bits per heavy atom. The molecule has 1 fully saturated rings. The van der Waals surface area contributed by atoms with E-state index in [9.17, 15) is 4.79 Å². The van der Waals surface area contributed by atoms with Crippen molar-refractivity contribution in [3.8, 4) is 0 Å². The topological polar surface area (TPSA) is 96.7 Å². The van der Waals surface area contributed by atoms with Crippen LogP contribution in [0.15, 0.2) is 5.10 Å². The number of nitrogens with two attached hydrogens (primary N) is 2. The van der Waals surface area contributed by atoms with Crippen LogP contribution in [0.3, 0.4) is 0 Å². The number of nitrogens with one attached hydrogen (secondary N) is 1. The van der Waals surface area contributed by atoms with Crippen molar-refractivity contribution in [2.75, 3.05) is 7.05 Å². The summed E-state index contributed by atoms with van der Waals surface area (Å²) in [5.74, 6) is 5.33. The van der Waals surface area contributed by atoms with Crippen molar-refractivity contribution in [2.45, 2.75) is 38.1 Å². The molecule has 92 valence electrons. The Labute approximate surface area is 96.0 Å². The van der Waals surface area contributed by atoms with Gasteiger partial charge in [0.2, 0.25) is 5.91 Å². The summed E-state index contributed by atoms with van der Waals surface area (Å²) in [6.07, 6.45) is 6.48. The van der Waals surface area contributed by atoms with Gasteiger partial charge in [-0.2, -0.15) is 5.10 Å². The molecule has 6 heteroatoms. The van der Waals surface area contributed by atoms with Gasteiger partial charge < -0.3 is 10.6 Å². The Bertz CT molecular complexity index is 248. The second-order valence-corrected chi connectivity index (χ2v) is 4.38. The maximum Gasteiger partial charge on any atom is 0.217 e. The Morgan fingerprint density at radius 2 is 2.12 bits per heavy atom. The largest absolute Gasteiger partial charge is 0.370 e. The monoisotopic (exact) mass is 227 g/mol. The van der Waals surface area contributed by atoms with Crippen LogP contribution in [0.4, 0.5) is 0 Å². The van der Waals surface area contributed by atoms with E-state index in [4.69, 9.17) is 11.6 Å². The first-order valence-electron chi connectivity index (χ1n) is 5.62. The molecule has 0 atom stereocenters. The number of carbonyl (C=O) groups excluding carboxylic acids is 1. The zero-order chi connectivity index (χ0) is 12.0. The lowest BCUT2D eigenvalue weighted by Gasteiger charge is -2.33. The van der Waals surface area contributed by atoms with Crippen LogP contribution in [-0.2, 0) is 4.79 Å². The van der Waals surface area contributed by atoms with Crippen molar-refractivity contribution in [2.24, 2.45) is 22.6 Å². The van der Waals surface area contributed by atoms with E-state index >= 15 is 0 Å². The molecule has 1 aliphatic carbocycles. The van der Waals surface area contributed by atoms with Gasteiger partial charge in [-0.05, 0) is 31.6 Å². The molecule has 1 amide bonds. The third-order valence-electron chi connectivity index (χ3n) is 3.20. The number of carbonyl (C=O) groups is 1. The van der Waals surface area contributed by atoms with E-state index < -0.39 is 0 Å². The summed E-state index contributed by atoms with van der Waals surface area (Å²) in [6.45, 7) is 0. The van der Waals surface area contributed by atoms with E-state index in [1.54, 1.807) is 6.34 Å². The number of amides is 1. The lowest BCUT2D eigenvalue weighted by atomic mass is 9.83. The van der Waals surface area contributed by atoms with E-state index in [2.05, 4.69) is 15.5 Å². The van der Waals surface area contributed by atoms with E-state index in [-0.39, 0.29) is 5.91 Å². The van der Waals surface area contributed by atoms with Crippen molar-refractivity contribution in [1.29, 1.82) is 0 Å². The van der Waals surface area contributed by atoms with Gasteiger partial charge in [0.15, 0.2) is 0 Å². The number of hydrazine groups is 1. The van der Waals surface area contributed by atoms with Gasteiger partial charge in [-0.15, -0.1) is 0 Å². The predicted molar refractivity (Wildman–Crippen MR) is 63.1 cm³/mol. The summed E-state index contributed by atoms with van der Waals surface area (Å²) in [7, 11) is 1.99. The van der Waals surface area contributed by atoms with Crippen LogP contribution in [-0.4, -0.2) is 30.2 Å². The predicted octanol–water partition coefficient (Wildman–Crippen LogP) is -0.241. The van der Waals surface area contributed by atoms with Crippen molar-refractivity contribution >= 4 is 12.2 Å². The number of hydrazone groups is 1. The third kappa shape index (κ3) is 4.06. The van der Waals surface area contributed by atoms with Gasteiger partial charge in [-0.1, -0.05) is 0 Å². The molecule has 5 N–H and O–H groups in total. The Balaban J connectivity index is 2.31. The SMILES string of the molecule is CN(/C=N/NN)C1CCC(CC(N)=O)CC1. The lowest BCUT2D eigenvalue weighted by molar-refractivity contribution is -0.119. The van der Waals surface area contributed by atoms with Crippen LogP contribution in [0.5, 0.6) is 0 Å². The zero-order valence-corrected chi connectivity index (χ0v) is 9.72. The third-order valence-corrected chi connectivity index (χ3v) is 3.20. The molecule has 0 unspecified atom stereocenters. The van der Waals surface area contributed by atoms with E-state index in [0.29, 0.717) is 18.4 Å². The molecule has 1 rings (SSSR count). The highest BCUT2D eigenvalue weighted by atomic mass is 16.1. The molecule has 1 saturated carbocycles. The van der Waals surface area contributed by atoms with E-state index in [0.717, 1.165) is 25.7 Å². The number of nitrogens with zero attached hydrogens (tertiary/aromatic N) is 2. The number of hydrogen-bond donors (Lipinski definition) is 3. The highest BCUT2D eigenvalue weighted by molar-refractivity contribution is 5.74. The van der Waals surface area contributed by atoms with Crippen molar-refractivity contribution < 1.29 is 4.79 Å². The van der Waals surface area contributed by atoms with Crippen LogP contribution in [0.1, 0.15) is 32.1 Å². The highest BCUT2D eigenvalue weighted by Crippen LogP contribution is 2.28. The Hall–Kier alpha value is -1.30. The minimum absolute atomic E-state index is 0.189. The maximum atomic E-state index is 10.8. The average Bonchev–Trinajstić information content (AvgIpc) is 2.26. The highest BCUT2D eigenvalue weighted by Gasteiger charge is 2.23. The summed E-state index contributed by atoms with van der Waals surface area (Å²) >= 11 is 0. The van der Waals surface area contributed by atoms with Crippen LogP contribution < -0.4 is 17.1 Å². The molecular formula is C10H21N5O. The van der Waals surface area contributed by atoms with Crippen molar-refractivity contribution in [3.05, 3.63) is 0 Å². The first-order chi connectivity index (χ1) is 7.63. The molecule has 0 aromatic rings. The second-order valence-electron chi connectivity index (χ2n) is 4.38. The molecule has 0 bridgehead atoms. The minimum Gasteiger partial charge on any atom is -0.370 e. The summed E-state index contributed by atoms with van der Waals surface area (Å²) in [5, 5.41) is 3.77. The smallest absolute Gasteiger partial charge is 0.217 e. The van der Waals surface area contributed by atoms with Gasteiger partial charge >= 0.3 is 0 Å². The molecule has 0 saturated heterocycles. The molecule has 0 aromatic heterocycles. The number of primary amides is 1. The van der Waals surface area contributed by atoms with Gasteiger partial charge in [0.25, 0.3) is 0 Å². The van der Waals surface area contributed by atoms with E-state index in [1.165, 1.54) is 0 Å². The van der Waals surface area contributed by atoms with Crippen LogP contribution in [0, 0.1) is 5.92 Å². The normalized spacial score (nSPS) is 25.6. The standard InChI is InChI=1S/C10H21N5O/c1-15(7-13-14-12)9-4-2-8(3-5-9)6-10(11)16/h7-9,14H,2-6,12H2,1H3,(H2,11,16)/b13-7+. The van der Waals surface area contributed by atoms with Crippen LogP contribution in [0.2, 0.25) is 0 Å².